The number of rotatable bonds is 5. The summed E-state index contributed by atoms with van der Waals surface area (Å²) in [6.45, 7) is 2.57. The molecule has 0 spiro atoms. The van der Waals surface area contributed by atoms with Crippen molar-refractivity contribution in [1.29, 1.82) is 0 Å². The van der Waals surface area contributed by atoms with Crippen LogP contribution in [0.2, 0.25) is 0 Å². The summed E-state index contributed by atoms with van der Waals surface area (Å²) in [5.41, 5.74) is 2.39. The Morgan fingerprint density at radius 3 is 2.80 bits per heavy atom. The van der Waals surface area contributed by atoms with Crippen molar-refractivity contribution < 1.29 is 19.0 Å². The fourth-order valence-electron chi connectivity index (χ4n) is 3.39. The quantitative estimate of drug-likeness (QED) is 0.903. The van der Waals surface area contributed by atoms with Crippen molar-refractivity contribution in [1.82, 2.24) is 9.88 Å². The predicted octanol–water partition coefficient (Wildman–Crippen LogP) is 3.18. The van der Waals surface area contributed by atoms with Gasteiger partial charge in [-0.1, -0.05) is 12.1 Å². The molecule has 1 fully saturated rings. The average molecular weight is 344 g/mol. The number of likely N-dealkylation sites (tertiary alicyclic amines) is 1. The highest BCUT2D eigenvalue weighted by Crippen LogP contribution is 2.35. The van der Waals surface area contributed by atoms with Crippen LogP contribution in [-0.4, -0.2) is 40.7 Å². The van der Waals surface area contributed by atoms with E-state index in [0.717, 1.165) is 12.0 Å². The number of nitrogens with zero attached hydrogens (tertiary/aromatic N) is 2. The van der Waals surface area contributed by atoms with Gasteiger partial charge in [0, 0.05) is 12.7 Å². The lowest BCUT2D eigenvalue weighted by Crippen LogP contribution is -2.39. The Morgan fingerprint density at radius 1 is 1.40 bits per heavy atom. The minimum atomic E-state index is -0.858. The Hall–Kier alpha value is -2.47. The van der Waals surface area contributed by atoms with E-state index in [-0.39, 0.29) is 5.75 Å². The summed E-state index contributed by atoms with van der Waals surface area (Å²) in [5.74, 6) is -1.16. The van der Waals surface area contributed by atoms with Crippen LogP contribution in [0.3, 0.4) is 0 Å². The standard InChI is InChI=1S/C19H21FN2O3/c1-12-5-7-15(21-11-12)18(22-9-3-4-16(22)19(23)24)13-6-8-17(25-2)14(20)10-13/h5-8,10-11,16,18H,3-4,9H2,1-2H3,(H,23,24). The second kappa shape index (κ2) is 7.19. The predicted molar refractivity (Wildman–Crippen MR) is 91.1 cm³/mol. The lowest BCUT2D eigenvalue weighted by Gasteiger charge is -2.31. The van der Waals surface area contributed by atoms with Gasteiger partial charge < -0.3 is 9.84 Å². The van der Waals surface area contributed by atoms with Gasteiger partial charge in [-0.3, -0.25) is 14.7 Å². The number of hydrogen-bond acceptors (Lipinski definition) is 4. The van der Waals surface area contributed by atoms with Crippen molar-refractivity contribution >= 4 is 5.97 Å². The number of carbonyl (C=O) groups is 1. The number of carboxylic acids is 1. The third-order valence-electron chi connectivity index (χ3n) is 4.62. The molecule has 6 heteroatoms. The number of pyridine rings is 1. The molecule has 0 bridgehead atoms. The molecule has 2 atom stereocenters. The van der Waals surface area contributed by atoms with E-state index in [9.17, 15) is 14.3 Å². The van der Waals surface area contributed by atoms with Crippen LogP contribution in [0.25, 0.3) is 0 Å². The van der Waals surface area contributed by atoms with Crippen molar-refractivity contribution in [3.8, 4) is 5.75 Å². The number of ether oxygens (including phenoxy) is 1. The number of methoxy groups -OCH3 is 1. The first-order valence-electron chi connectivity index (χ1n) is 8.26. The van der Waals surface area contributed by atoms with Gasteiger partial charge in [0.15, 0.2) is 11.6 Å². The molecule has 2 heterocycles. The highest BCUT2D eigenvalue weighted by molar-refractivity contribution is 5.74. The fourth-order valence-corrected chi connectivity index (χ4v) is 3.39. The van der Waals surface area contributed by atoms with Gasteiger partial charge in [0.25, 0.3) is 0 Å². The molecule has 0 amide bonds. The molecule has 132 valence electrons. The lowest BCUT2D eigenvalue weighted by atomic mass is 9.99. The van der Waals surface area contributed by atoms with Gasteiger partial charge in [-0.05, 0) is 49.1 Å². The minimum absolute atomic E-state index is 0.163. The van der Waals surface area contributed by atoms with Crippen LogP contribution in [0.5, 0.6) is 5.75 Å². The van der Waals surface area contributed by atoms with E-state index in [0.29, 0.717) is 24.2 Å². The maximum absolute atomic E-state index is 14.3. The Bertz CT molecular complexity index is 764. The molecule has 0 aliphatic carbocycles. The lowest BCUT2D eigenvalue weighted by molar-refractivity contribution is -0.142. The van der Waals surface area contributed by atoms with E-state index >= 15 is 0 Å². The molecule has 25 heavy (non-hydrogen) atoms. The van der Waals surface area contributed by atoms with E-state index in [4.69, 9.17) is 4.74 Å². The van der Waals surface area contributed by atoms with Gasteiger partial charge in [0.05, 0.1) is 18.8 Å². The largest absolute Gasteiger partial charge is 0.494 e. The number of aliphatic carboxylic acids is 1. The summed E-state index contributed by atoms with van der Waals surface area (Å²) in [6.07, 6.45) is 3.11. The molecule has 0 saturated carbocycles. The van der Waals surface area contributed by atoms with Crippen LogP contribution >= 0.6 is 0 Å². The zero-order chi connectivity index (χ0) is 18.0. The molecule has 1 aliphatic rings. The first-order valence-corrected chi connectivity index (χ1v) is 8.26. The highest BCUT2D eigenvalue weighted by atomic mass is 19.1. The topological polar surface area (TPSA) is 62.7 Å². The fraction of sp³-hybridized carbons (Fsp3) is 0.368. The summed E-state index contributed by atoms with van der Waals surface area (Å²) < 4.78 is 19.2. The maximum atomic E-state index is 14.3. The van der Waals surface area contributed by atoms with E-state index in [1.54, 1.807) is 18.3 Å². The number of halogens is 1. The van der Waals surface area contributed by atoms with Crippen LogP contribution in [0.4, 0.5) is 4.39 Å². The molecule has 3 rings (SSSR count). The molecule has 2 unspecified atom stereocenters. The minimum Gasteiger partial charge on any atom is -0.494 e. The molecule has 1 aliphatic heterocycles. The molecule has 1 aromatic heterocycles. The van der Waals surface area contributed by atoms with Gasteiger partial charge >= 0.3 is 5.97 Å². The first-order chi connectivity index (χ1) is 12.0. The van der Waals surface area contributed by atoms with E-state index < -0.39 is 23.9 Å². The molecule has 1 saturated heterocycles. The average Bonchev–Trinajstić information content (AvgIpc) is 3.06. The monoisotopic (exact) mass is 344 g/mol. The van der Waals surface area contributed by atoms with Crippen molar-refractivity contribution in [2.75, 3.05) is 13.7 Å². The summed E-state index contributed by atoms with van der Waals surface area (Å²) in [5, 5.41) is 9.55. The molecular weight excluding hydrogens is 323 g/mol. The Balaban J connectivity index is 2.07. The molecule has 5 nitrogen and oxygen atoms in total. The smallest absolute Gasteiger partial charge is 0.320 e. The summed E-state index contributed by atoms with van der Waals surface area (Å²) in [6, 6.07) is 7.54. The van der Waals surface area contributed by atoms with Gasteiger partial charge in [-0.2, -0.15) is 0 Å². The SMILES string of the molecule is COc1ccc(C(c2ccc(C)cn2)N2CCCC2C(=O)O)cc1F. The van der Waals surface area contributed by atoms with E-state index in [1.165, 1.54) is 13.2 Å². The van der Waals surface area contributed by atoms with Crippen LogP contribution in [0.1, 0.15) is 35.7 Å². The van der Waals surface area contributed by atoms with E-state index in [1.807, 2.05) is 24.0 Å². The third kappa shape index (κ3) is 3.49. The Kier molecular flexibility index (Phi) is 4.99. The maximum Gasteiger partial charge on any atom is 0.320 e. The molecule has 0 radical (unpaired) electrons. The normalized spacial score (nSPS) is 18.9. The number of benzene rings is 1. The molecule has 2 aromatic rings. The van der Waals surface area contributed by atoms with Crippen LogP contribution in [0, 0.1) is 12.7 Å². The number of aryl methyl sites for hydroxylation is 1. The summed E-state index contributed by atoms with van der Waals surface area (Å²) in [7, 11) is 1.41. The van der Waals surface area contributed by atoms with Crippen molar-refractivity contribution in [2.24, 2.45) is 0 Å². The van der Waals surface area contributed by atoms with Gasteiger partial charge in [0.2, 0.25) is 0 Å². The molecular formula is C19H21FN2O3. The number of aromatic nitrogens is 1. The zero-order valence-corrected chi connectivity index (χ0v) is 14.3. The van der Waals surface area contributed by atoms with Crippen LogP contribution in [0.15, 0.2) is 36.5 Å². The third-order valence-corrected chi connectivity index (χ3v) is 4.62. The molecule has 1 N–H and O–H groups in total. The van der Waals surface area contributed by atoms with Crippen LogP contribution < -0.4 is 4.74 Å². The van der Waals surface area contributed by atoms with Crippen molar-refractivity contribution in [2.45, 2.75) is 31.8 Å². The second-order valence-electron chi connectivity index (χ2n) is 6.29. The summed E-state index contributed by atoms with van der Waals surface area (Å²) >= 11 is 0. The Morgan fingerprint density at radius 2 is 2.20 bits per heavy atom. The number of hydrogen-bond donors (Lipinski definition) is 1. The highest BCUT2D eigenvalue weighted by Gasteiger charge is 2.37. The van der Waals surface area contributed by atoms with Gasteiger partial charge in [-0.15, -0.1) is 0 Å². The van der Waals surface area contributed by atoms with Gasteiger partial charge in [-0.25, -0.2) is 4.39 Å². The van der Waals surface area contributed by atoms with Gasteiger partial charge in [0.1, 0.15) is 6.04 Å². The zero-order valence-electron chi connectivity index (χ0n) is 14.3. The Labute approximate surface area is 146 Å². The summed E-state index contributed by atoms with van der Waals surface area (Å²) in [4.78, 5) is 18.0. The number of carboxylic acid groups (broad SMARTS) is 1. The van der Waals surface area contributed by atoms with E-state index in [2.05, 4.69) is 4.98 Å². The van der Waals surface area contributed by atoms with Crippen molar-refractivity contribution in [3.63, 3.8) is 0 Å². The second-order valence-corrected chi connectivity index (χ2v) is 6.29. The van der Waals surface area contributed by atoms with Crippen molar-refractivity contribution in [3.05, 3.63) is 59.2 Å². The van der Waals surface area contributed by atoms with Crippen LogP contribution in [-0.2, 0) is 4.79 Å². The first kappa shape index (κ1) is 17.4. The molecule has 1 aromatic carbocycles.